The molecule has 0 aromatic heterocycles. The molecule has 0 heterocycles. The van der Waals surface area contributed by atoms with E-state index in [-0.39, 0.29) is 11.6 Å². The van der Waals surface area contributed by atoms with Gasteiger partial charge in [-0.3, -0.25) is 0 Å². The Labute approximate surface area is 130 Å². The molecule has 1 saturated carbocycles. The standard InChI is InChI=1S/C19H32N2/c1-4-9-16-10-12-17(13-11-16)18(20)19(21(2)3)14-7-5-6-8-15-19/h10-13,18H,4-9,14-15,20H2,1-3H3. The third kappa shape index (κ3) is 3.67. The van der Waals surface area contributed by atoms with E-state index in [4.69, 9.17) is 5.73 Å². The van der Waals surface area contributed by atoms with Gasteiger partial charge >= 0.3 is 0 Å². The molecule has 1 aliphatic carbocycles. The molecule has 1 atom stereocenters. The smallest absolute Gasteiger partial charge is 0.0481 e. The number of aryl methyl sites for hydroxylation is 1. The van der Waals surface area contributed by atoms with Crippen LogP contribution in [0.2, 0.25) is 0 Å². The Morgan fingerprint density at radius 1 is 1.05 bits per heavy atom. The summed E-state index contributed by atoms with van der Waals surface area (Å²) in [6.45, 7) is 2.23. The summed E-state index contributed by atoms with van der Waals surface area (Å²) in [4.78, 5) is 2.39. The average molecular weight is 288 g/mol. The first-order valence-electron chi connectivity index (χ1n) is 8.62. The highest BCUT2D eigenvalue weighted by Gasteiger charge is 2.39. The summed E-state index contributed by atoms with van der Waals surface area (Å²) in [6.07, 6.45) is 10.1. The SMILES string of the molecule is CCCc1ccc(C(N)C2(N(C)C)CCCCCC2)cc1. The lowest BCUT2D eigenvalue weighted by atomic mass is 9.78. The van der Waals surface area contributed by atoms with E-state index in [0.29, 0.717) is 0 Å². The highest BCUT2D eigenvalue weighted by molar-refractivity contribution is 5.28. The van der Waals surface area contributed by atoms with E-state index in [0.717, 1.165) is 6.42 Å². The maximum absolute atomic E-state index is 6.76. The first kappa shape index (κ1) is 16.5. The number of hydrogen-bond donors (Lipinski definition) is 1. The van der Waals surface area contributed by atoms with Gasteiger partial charge in [0.05, 0.1) is 0 Å². The van der Waals surface area contributed by atoms with Crippen LogP contribution in [0.25, 0.3) is 0 Å². The molecule has 0 spiro atoms. The van der Waals surface area contributed by atoms with Gasteiger partial charge in [0.2, 0.25) is 0 Å². The van der Waals surface area contributed by atoms with E-state index in [2.05, 4.69) is 50.2 Å². The van der Waals surface area contributed by atoms with Crippen LogP contribution in [-0.4, -0.2) is 24.5 Å². The molecule has 2 rings (SSSR count). The molecule has 0 amide bonds. The Balaban J connectivity index is 2.22. The molecular weight excluding hydrogens is 256 g/mol. The van der Waals surface area contributed by atoms with Gasteiger partial charge in [0, 0.05) is 11.6 Å². The molecule has 2 heteroatoms. The molecule has 1 aliphatic rings. The Bertz CT molecular complexity index is 414. The minimum absolute atomic E-state index is 0.112. The van der Waals surface area contributed by atoms with Crippen LogP contribution < -0.4 is 5.73 Å². The summed E-state index contributed by atoms with van der Waals surface area (Å²) in [5.41, 5.74) is 9.61. The Morgan fingerprint density at radius 2 is 1.62 bits per heavy atom. The summed E-state index contributed by atoms with van der Waals surface area (Å²) >= 11 is 0. The number of hydrogen-bond acceptors (Lipinski definition) is 2. The second-order valence-electron chi connectivity index (χ2n) is 6.88. The second kappa shape index (κ2) is 7.42. The van der Waals surface area contributed by atoms with Gasteiger partial charge in [-0.05, 0) is 44.5 Å². The molecule has 118 valence electrons. The van der Waals surface area contributed by atoms with E-state index in [1.807, 2.05) is 0 Å². The van der Waals surface area contributed by atoms with E-state index < -0.39 is 0 Å². The molecule has 2 nitrogen and oxygen atoms in total. The zero-order valence-corrected chi connectivity index (χ0v) is 14.1. The molecule has 1 aromatic rings. The van der Waals surface area contributed by atoms with Crippen LogP contribution in [0.5, 0.6) is 0 Å². The first-order chi connectivity index (χ1) is 10.1. The number of nitrogens with two attached hydrogens (primary N) is 1. The monoisotopic (exact) mass is 288 g/mol. The molecule has 1 unspecified atom stereocenters. The predicted molar refractivity (Wildman–Crippen MR) is 91.5 cm³/mol. The van der Waals surface area contributed by atoms with Crippen molar-refractivity contribution in [3.63, 3.8) is 0 Å². The average Bonchev–Trinajstić information content (AvgIpc) is 2.74. The van der Waals surface area contributed by atoms with Gasteiger partial charge in [-0.2, -0.15) is 0 Å². The van der Waals surface area contributed by atoms with E-state index >= 15 is 0 Å². The van der Waals surface area contributed by atoms with Crippen molar-refractivity contribution in [1.29, 1.82) is 0 Å². The number of benzene rings is 1. The van der Waals surface area contributed by atoms with E-state index in [9.17, 15) is 0 Å². The Morgan fingerprint density at radius 3 is 2.10 bits per heavy atom. The third-order valence-electron chi connectivity index (χ3n) is 5.32. The summed E-state index contributed by atoms with van der Waals surface area (Å²) in [6, 6.07) is 9.15. The lowest BCUT2D eigenvalue weighted by molar-refractivity contribution is 0.0969. The van der Waals surface area contributed by atoms with E-state index in [1.54, 1.807) is 0 Å². The van der Waals surface area contributed by atoms with Gasteiger partial charge in [0.15, 0.2) is 0 Å². The highest BCUT2D eigenvalue weighted by atomic mass is 15.2. The van der Waals surface area contributed by atoms with Gasteiger partial charge in [-0.25, -0.2) is 0 Å². The van der Waals surface area contributed by atoms with Crippen LogP contribution in [0.15, 0.2) is 24.3 Å². The maximum Gasteiger partial charge on any atom is 0.0481 e. The molecule has 21 heavy (non-hydrogen) atoms. The Kier molecular flexibility index (Phi) is 5.83. The highest BCUT2D eigenvalue weighted by Crippen LogP contribution is 2.39. The van der Waals surface area contributed by atoms with Crippen LogP contribution >= 0.6 is 0 Å². The van der Waals surface area contributed by atoms with Crippen LogP contribution in [0.1, 0.15) is 69.0 Å². The quantitative estimate of drug-likeness (QED) is 0.819. The van der Waals surface area contributed by atoms with Crippen molar-refractivity contribution in [2.24, 2.45) is 5.73 Å². The lowest BCUT2D eigenvalue weighted by Gasteiger charge is -2.44. The van der Waals surface area contributed by atoms with Crippen molar-refractivity contribution in [2.75, 3.05) is 14.1 Å². The first-order valence-corrected chi connectivity index (χ1v) is 8.62. The summed E-state index contributed by atoms with van der Waals surface area (Å²) < 4.78 is 0. The molecule has 1 aromatic carbocycles. The maximum atomic E-state index is 6.76. The number of nitrogens with zero attached hydrogens (tertiary/aromatic N) is 1. The molecule has 0 bridgehead atoms. The molecule has 0 aliphatic heterocycles. The van der Waals surface area contributed by atoms with E-state index in [1.165, 1.54) is 56.1 Å². The minimum Gasteiger partial charge on any atom is -0.322 e. The van der Waals surface area contributed by atoms with Gasteiger partial charge in [0.25, 0.3) is 0 Å². The zero-order valence-electron chi connectivity index (χ0n) is 14.1. The zero-order chi connectivity index (χ0) is 15.3. The minimum atomic E-state index is 0.112. The second-order valence-corrected chi connectivity index (χ2v) is 6.88. The van der Waals surface area contributed by atoms with Crippen molar-refractivity contribution in [2.45, 2.75) is 69.9 Å². The topological polar surface area (TPSA) is 29.3 Å². The largest absolute Gasteiger partial charge is 0.322 e. The molecular formula is C19H32N2. The molecule has 0 radical (unpaired) electrons. The van der Waals surface area contributed by atoms with Crippen molar-refractivity contribution < 1.29 is 0 Å². The summed E-state index contributed by atoms with van der Waals surface area (Å²) in [7, 11) is 4.41. The van der Waals surface area contributed by atoms with Crippen LogP contribution in [0.4, 0.5) is 0 Å². The summed E-state index contributed by atoms with van der Waals surface area (Å²) in [5, 5.41) is 0. The molecule has 1 fully saturated rings. The van der Waals surface area contributed by atoms with Crippen molar-refractivity contribution in [3.8, 4) is 0 Å². The van der Waals surface area contributed by atoms with Crippen LogP contribution in [0.3, 0.4) is 0 Å². The van der Waals surface area contributed by atoms with Gasteiger partial charge in [0.1, 0.15) is 0 Å². The fourth-order valence-electron chi connectivity index (χ4n) is 3.87. The van der Waals surface area contributed by atoms with Gasteiger partial charge in [-0.1, -0.05) is 63.3 Å². The van der Waals surface area contributed by atoms with Crippen molar-refractivity contribution in [3.05, 3.63) is 35.4 Å². The van der Waals surface area contributed by atoms with Crippen LogP contribution in [-0.2, 0) is 6.42 Å². The molecule has 2 N–H and O–H groups in total. The van der Waals surface area contributed by atoms with Crippen LogP contribution in [0, 0.1) is 0 Å². The fourth-order valence-corrected chi connectivity index (χ4v) is 3.87. The van der Waals surface area contributed by atoms with Crippen molar-refractivity contribution >= 4 is 0 Å². The lowest BCUT2D eigenvalue weighted by Crippen LogP contribution is -2.52. The summed E-state index contributed by atoms with van der Waals surface area (Å²) in [5.74, 6) is 0. The number of likely N-dealkylation sites (N-methyl/N-ethyl adjacent to an activating group) is 1. The van der Waals surface area contributed by atoms with Crippen molar-refractivity contribution in [1.82, 2.24) is 4.90 Å². The van der Waals surface area contributed by atoms with Gasteiger partial charge in [-0.15, -0.1) is 0 Å². The Hall–Kier alpha value is -0.860. The predicted octanol–water partition coefficient (Wildman–Crippen LogP) is 4.29. The molecule has 0 saturated heterocycles. The number of rotatable bonds is 5. The normalized spacial score (nSPS) is 20.2. The van der Waals surface area contributed by atoms with Gasteiger partial charge < -0.3 is 10.6 Å². The fraction of sp³-hybridized carbons (Fsp3) is 0.684. The third-order valence-corrected chi connectivity index (χ3v) is 5.32.